The molecule has 0 amide bonds. The Morgan fingerprint density at radius 2 is 1.75 bits per heavy atom. The molecule has 0 radical (unpaired) electrons. The summed E-state index contributed by atoms with van der Waals surface area (Å²) in [7, 11) is 4.18. The highest BCUT2D eigenvalue weighted by molar-refractivity contribution is 9.11. The average molecular weight is 494 g/mol. The summed E-state index contributed by atoms with van der Waals surface area (Å²) in [5.74, 6) is -0.192. The van der Waals surface area contributed by atoms with E-state index >= 15 is 0 Å². The Morgan fingerprint density at radius 3 is 2.47 bits per heavy atom. The summed E-state index contributed by atoms with van der Waals surface area (Å²) in [5, 5.41) is 0. The molecule has 4 rings (SSSR count). The molecule has 2 aliphatic heterocycles. The minimum Gasteiger partial charge on any atom is -0.347 e. The zero-order valence-corrected chi connectivity index (χ0v) is 21.5. The number of rotatable bonds is 3. The Morgan fingerprint density at radius 1 is 1.03 bits per heavy atom. The lowest BCUT2D eigenvalue weighted by atomic mass is 9.81. The van der Waals surface area contributed by atoms with Gasteiger partial charge < -0.3 is 4.90 Å². The largest absolute Gasteiger partial charge is 0.347 e. The van der Waals surface area contributed by atoms with Gasteiger partial charge in [0.05, 0.1) is 5.41 Å². The molecular formula is C28H31BrFN2+. The first-order valence-corrected chi connectivity index (χ1v) is 11.8. The zero-order valence-electron chi connectivity index (χ0n) is 19.9. The molecule has 166 valence electrons. The van der Waals surface area contributed by atoms with E-state index in [1.54, 1.807) is 6.07 Å². The van der Waals surface area contributed by atoms with Gasteiger partial charge in [-0.1, -0.05) is 47.5 Å². The molecule has 0 N–H and O–H groups in total. The number of hydrogen-bond donors (Lipinski definition) is 0. The molecule has 0 aliphatic carbocycles. The lowest BCUT2D eigenvalue weighted by Crippen LogP contribution is -2.26. The van der Waals surface area contributed by atoms with Crippen LogP contribution in [-0.4, -0.2) is 24.4 Å². The number of likely N-dealkylation sites (N-methyl/N-ethyl adjacent to an activating group) is 1. The first kappa shape index (κ1) is 22.7. The highest BCUT2D eigenvalue weighted by Crippen LogP contribution is 2.47. The van der Waals surface area contributed by atoms with Gasteiger partial charge in [0.2, 0.25) is 5.69 Å². The number of aryl methyl sites for hydroxylation is 1. The predicted molar refractivity (Wildman–Crippen MR) is 137 cm³/mol. The predicted octanol–water partition coefficient (Wildman–Crippen LogP) is 7.29. The van der Waals surface area contributed by atoms with E-state index in [4.69, 9.17) is 0 Å². The maximum Gasteiger partial charge on any atom is 0.209 e. The molecule has 4 heteroatoms. The Balaban J connectivity index is 1.63. The quantitative estimate of drug-likeness (QED) is 0.321. The van der Waals surface area contributed by atoms with Crippen LogP contribution in [0.4, 0.5) is 15.8 Å². The van der Waals surface area contributed by atoms with E-state index in [1.165, 1.54) is 28.6 Å². The van der Waals surface area contributed by atoms with Crippen molar-refractivity contribution in [3.8, 4) is 0 Å². The topological polar surface area (TPSA) is 6.25 Å². The molecular weight excluding hydrogens is 463 g/mol. The summed E-state index contributed by atoms with van der Waals surface area (Å²) >= 11 is 3.72. The van der Waals surface area contributed by atoms with Crippen molar-refractivity contribution in [3.05, 3.63) is 93.4 Å². The fraction of sp³-hybridized carbons (Fsp3) is 0.321. The van der Waals surface area contributed by atoms with Gasteiger partial charge in [-0.3, -0.25) is 0 Å². The molecule has 0 unspecified atom stereocenters. The van der Waals surface area contributed by atoms with Crippen LogP contribution in [0.5, 0.6) is 0 Å². The Bertz CT molecular complexity index is 1230. The van der Waals surface area contributed by atoms with Gasteiger partial charge in [-0.2, -0.15) is 4.58 Å². The van der Waals surface area contributed by atoms with E-state index in [0.29, 0.717) is 0 Å². The normalized spacial score (nSPS) is 20.5. The number of anilines is 1. The molecule has 2 aromatic carbocycles. The van der Waals surface area contributed by atoms with E-state index < -0.39 is 0 Å². The van der Waals surface area contributed by atoms with Crippen LogP contribution in [-0.2, 0) is 10.8 Å². The van der Waals surface area contributed by atoms with Crippen LogP contribution < -0.4 is 4.90 Å². The molecule has 0 saturated carbocycles. The third-order valence-electron chi connectivity index (χ3n) is 6.98. The van der Waals surface area contributed by atoms with Crippen LogP contribution in [0.2, 0.25) is 0 Å². The summed E-state index contributed by atoms with van der Waals surface area (Å²) in [6, 6.07) is 11.7. The average Bonchev–Trinajstić information content (AvgIpc) is 3.02. The monoisotopic (exact) mass is 493 g/mol. The van der Waals surface area contributed by atoms with Crippen LogP contribution in [0.15, 0.2) is 70.9 Å². The van der Waals surface area contributed by atoms with Crippen molar-refractivity contribution in [2.24, 2.45) is 0 Å². The van der Waals surface area contributed by atoms with Gasteiger partial charge in [0, 0.05) is 46.0 Å². The van der Waals surface area contributed by atoms with Crippen molar-refractivity contribution in [1.82, 2.24) is 0 Å². The number of benzene rings is 2. The second kappa shape index (κ2) is 7.84. The van der Waals surface area contributed by atoms with Gasteiger partial charge in [-0.25, -0.2) is 4.39 Å². The standard InChI is InChI=1S/C28H31BrFN2/c1-18-8-12-23-21(16-18)27(2,3)25(31(23)6)14-9-19(29)10-15-26-28(4,5)22-17-20(30)11-13-24(22)32(26)7/h8-17H,1-7H3/q+1. The van der Waals surface area contributed by atoms with E-state index in [9.17, 15) is 4.39 Å². The molecule has 2 nitrogen and oxygen atoms in total. The molecule has 0 spiro atoms. The SMILES string of the molecule is Cc1ccc2c(c1)C(C)(C)\C(=C/C=C(Br)/C=C/C1=[N+](C)c3ccc(F)cc3C1(C)C)N2C. The van der Waals surface area contributed by atoms with Crippen LogP contribution in [0, 0.1) is 12.7 Å². The lowest BCUT2D eigenvalue weighted by Gasteiger charge is -2.23. The van der Waals surface area contributed by atoms with Gasteiger partial charge in [-0.05, 0) is 62.8 Å². The second-order valence-corrected chi connectivity index (χ2v) is 10.8. The van der Waals surface area contributed by atoms with E-state index in [0.717, 1.165) is 21.4 Å². The van der Waals surface area contributed by atoms with Gasteiger partial charge in [0.15, 0.2) is 5.71 Å². The highest BCUT2D eigenvalue weighted by atomic mass is 79.9. The molecule has 2 aliphatic rings. The molecule has 0 aromatic heterocycles. The van der Waals surface area contributed by atoms with E-state index in [2.05, 4.69) is 110 Å². The first-order valence-electron chi connectivity index (χ1n) is 11.0. The van der Waals surface area contributed by atoms with Crippen LogP contribution in [0.1, 0.15) is 44.4 Å². The molecule has 0 atom stereocenters. The minimum absolute atomic E-state index is 0.0578. The molecule has 32 heavy (non-hydrogen) atoms. The number of hydrogen-bond acceptors (Lipinski definition) is 1. The van der Waals surface area contributed by atoms with Crippen molar-refractivity contribution in [2.45, 2.75) is 45.4 Å². The van der Waals surface area contributed by atoms with Crippen LogP contribution in [0.3, 0.4) is 0 Å². The van der Waals surface area contributed by atoms with Crippen molar-refractivity contribution in [1.29, 1.82) is 0 Å². The molecule has 0 saturated heterocycles. The number of fused-ring (bicyclic) bond motifs is 2. The fourth-order valence-corrected chi connectivity index (χ4v) is 5.40. The Labute approximate surface area is 199 Å². The van der Waals surface area contributed by atoms with Gasteiger partial charge in [0.25, 0.3) is 0 Å². The Hall–Kier alpha value is -2.46. The zero-order chi connectivity index (χ0) is 23.4. The third-order valence-corrected chi connectivity index (χ3v) is 7.51. The van der Waals surface area contributed by atoms with Gasteiger partial charge in [-0.15, -0.1) is 0 Å². The van der Waals surface area contributed by atoms with Crippen molar-refractivity contribution >= 4 is 33.0 Å². The summed E-state index contributed by atoms with van der Waals surface area (Å²) in [4.78, 5) is 2.28. The van der Waals surface area contributed by atoms with Crippen LogP contribution >= 0.6 is 15.9 Å². The molecule has 0 bridgehead atoms. The summed E-state index contributed by atoms with van der Waals surface area (Å²) < 4.78 is 17.0. The lowest BCUT2D eigenvalue weighted by molar-refractivity contribution is -0.401. The van der Waals surface area contributed by atoms with E-state index in [1.807, 2.05) is 13.1 Å². The van der Waals surface area contributed by atoms with Crippen LogP contribution in [0.25, 0.3) is 0 Å². The van der Waals surface area contributed by atoms with Gasteiger partial charge in [0.1, 0.15) is 12.9 Å². The van der Waals surface area contributed by atoms with Gasteiger partial charge >= 0.3 is 0 Å². The van der Waals surface area contributed by atoms with Crippen molar-refractivity contribution in [3.63, 3.8) is 0 Å². The Kier molecular flexibility index (Phi) is 5.57. The maximum absolute atomic E-state index is 13.9. The molecule has 0 fully saturated rings. The molecule has 2 aromatic rings. The number of nitrogens with zero attached hydrogens (tertiary/aromatic N) is 2. The third kappa shape index (κ3) is 3.59. The number of allylic oxidation sites excluding steroid dienone is 6. The smallest absolute Gasteiger partial charge is 0.209 e. The van der Waals surface area contributed by atoms with Crippen molar-refractivity contribution < 1.29 is 8.97 Å². The van der Waals surface area contributed by atoms with E-state index in [-0.39, 0.29) is 16.6 Å². The highest BCUT2D eigenvalue weighted by Gasteiger charge is 2.43. The fourth-order valence-electron chi connectivity index (χ4n) is 5.13. The number of halogens is 2. The minimum atomic E-state index is -0.262. The first-order chi connectivity index (χ1) is 14.9. The summed E-state index contributed by atoms with van der Waals surface area (Å²) in [6.07, 6.45) is 8.50. The maximum atomic E-state index is 13.9. The summed E-state index contributed by atoms with van der Waals surface area (Å²) in [6.45, 7) is 11.0. The second-order valence-electron chi connectivity index (χ2n) is 9.87. The molecule has 2 heterocycles. The summed E-state index contributed by atoms with van der Waals surface area (Å²) in [5.41, 5.74) is 8.06. The van der Waals surface area contributed by atoms with Crippen molar-refractivity contribution in [2.75, 3.05) is 19.0 Å².